The zero-order valence-corrected chi connectivity index (χ0v) is 25.2. The van der Waals surface area contributed by atoms with Gasteiger partial charge in [0, 0.05) is 25.3 Å². The smallest absolute Gasteiger partial charge is 0.348 e. The van der Waals surface area contributed by atoms with Crippen molar-refractivity contribution in [2.45, 2.75) is 64.0 Å². The number of para-hydroxylation sites is 1. The van der Waals surface area contributed by atoms with Gasteiger partial charge in [-0.3, -0.25) is 9.88 Å². The molecule has 0 aliphatic carbocycles. The molecule has 7 rings (SSSR count). The molecule has 0 spiro atoms. The number of imidazole rings is 1. The second-order valence-corrected chi connectivity index (χ2v) is 12.6. The van der Waals surface area contributed by atoms with Crippen molar-refractivity contribution < 1.29 is 23.7 Å². The Morgan fingerprint density at radius 3 is 2.74 bits per heavy atom. The van der Waals surface area contributed by atoms with Gasteiger partial charge in [-0.15, -0.1) is 11.3 Å². The van der Waals surface area contributed by atoms with Crippen molar-refractivity contribution in [2.24, 2.45) is 0 Å². The van der Waals surface area contributed by atoms with Crippen LogP contribution < -0.4 is 9.47 Å². The number of carbonyl (C=O) groups is 1. The predicted molar refractivity (Wildman–Crippen MR) is 159 cm³/mol. The number of carbonyl (C=O) groups excluding carboxylic acids is 1. The van der Waals surface area contributed by atoms with Gasteiger partial charge in [0.1, 0.15) is 21.2 Å². The van der Waals surface area contributed by atoms with Crippen LogP contribution in [-0.4, -0.2) is 57.8 Å². The summed E-state index contributed by atoms with van der Waals surface area (Å²) in [6.45, 7) is 8.26. The molecule has 2 fully saturated rings. The summed E-state index contributed by atoms with van der Waals surface area (Å²) in [7, 11) is 0. The number of esters is 1. The van der Waals surface area contributed by atoms with E-state index in [1.165, 1.54) is 16.9 Å². The highest BCUT2D eigenvalue weighted by Gasteiger charge is 2.42. The number of nitrogens with zero attached hydrogens (tertiary/aromatic N) is 4. The second-order valence-electron chi connectivity index (χ2n) is 11.2. The molecular weight excluding hydrogens is 576 g/mol. The van der Waals surface area contributed by atoms with Crippen LogP contribution >= 0.6 is 22.9 Å². The van der Waals surface area contributed by atoms with Gasteiger partial charge in [0.15, 0.2) is 11.5 Å². The van der Waals surface area contributed by atoms with E-state index in [-0.39, 0.29) is 12.1 Å². The lowest BCUT2D eigenvalue weighted by atomic mass is 9.88. The lowest BCUT2D eigenvalue weighted by Crippen LogP contribution is -2.35. The third-order valence-electron chi connectivity index (χ3n) is 8.38. The first-order valence-corrected chi connectivity index (χ1v) is 15.7. The standard InChI is InChI=1S/C31H33ClN4O5S/c1-3-38-30(37)25-15-23-29(42-25)34-27(36(23)17-21-11-14-39-21)18-35-12-9-19(10-13-35)22-5-4-6-24-28(22)41-31(2,40-24)26-8-7-20(32)16-33-26/h4-8,15-16,19,21H,3,9-14,17-18H2,1-2H3/t21-,31+/m0/s1. The Kier molecular flexibility index (Phi) is 7.34. The van der Waals surface area contributed by atoms with Crippen molar-refractivity contribution in [3.05, 3.63) is 69.6 Å². The Labute approximate surface area is 253 Å². The number of hydrogen-bond donors (Lipinski definition) is 0. The van der Waals surface area contributed by atoms with E-state index >= 15 is 0 Å². The van der Waals surface area contributed by atoms with Crippen LogP contribution in [0.4, 0.5) is 0 Å². The Hall–Kier alpha value is -3.18. The fourth-order valence-corrected chi connectivity index (χ4v) is 7.10. The third-order valence-corrected chi connectivity index (χ3v) is 9.60. The van der Waals surface area contributed by atoms with Crippen LogP contribution in [0.1, 0.15) is 65.8 Å². The highest BCUT2D eigenvalue weighted by Crippen LogP contribution is 2.49. The molecule has 3 aliphatic rings. The molecule has 1 aromatic carbocycles. The molecule has 0 amide bonds. The summed E-state index contributed by atoms with van der Waals surface area (Å²) in [4.78, 5) is 25.7. The van der Waals surface area contributed by atoms with Gasteiger partial charge >= 0.3 is 5.97 Å². The van der Waals surface area contributed by atoms with Crippen molar-refractivity contribution in [1.29, 1.82) is 0 Å². The maximum atomic E-state index is 12.3. The lowest BCUT2D eigenvalue weighted by molar-refractivity contribution is -0.0722. The first-order chi connectivity index (χ1) is 20.4. The molecule has 11 heteroatoms. The zero-order chi connectivity index (χ0) is 28.8. The predicted octanol–water partition coefficient (Wildman–Crippen LogP) is 6.14. The van der Waals surface area contributed by atoms with Crippen LogP contribution in [0.15, 0.2) is 42.6 Å². The van der Waals surface area contributed by atoms with Crippen LogP contribution in [-0.2, 0) is 28.4 Å². The normalized spacial score (nSPS) is 22.4. The maximum Gasteiger partial charge on any atom is 0.348 e. The Balaban J connectivity index is 1.05. The molecule has 42 heavy (non-hydrogen) atoms. The van der Waals surface area contributed by atoms with E-state index in [0.717, 1.165) is 79.7 Å². The summed E-state index contributed by atoms with van der Waals surface area (Å²) in [6, 6.07) is 11.7. The van der Waals surface area contributed by atoms with E-state index in [1.54, 1.807) is 12.3 Å². The monoisotopic (exact) mass is 608 g/mol. The number of piperidine rings is 1. The molecule has 4 aromatic rings. The number of aromatic nitrogens is 3. The zero-order valence-electron chi connectivity index (χ0n) is 23.7. The summed E-state index contributed by atoms with van der Waals surface area (Å²) < 4.78 is 26.0. The number of halogens is 1. The highest BCUT2D eigenvalue weighted by molar-refractivity contribution is 7.20. The quantitative estimate of drug-likeness (QED) is 0.221. The molecule has 3 aliphatic heterocycles. The minimum Gasteiger partial charge on any atom is -0.462 e. The fraction of sp³-hybridized carbons (Fsp3) is 0.452. The molecule has 0 bridgehead atoms. The second kappa shape index (κ2) is 11.1. The number of pyridine rings is 1. The molecule has 0 radical (unpaired) electrons. The van der Waals surface area contributed by atoms with Gasteiger partial charge < -0.3 is 23.5 Å². The molecule has 220 valence electrons. The molecule has 2 saturated heterocycles. The van der Waals surface area contributed by atoms with E-state index in [9.17, 15) is 4.79 Å². The third kappa shape index (κ3) is 5.15. The first-order valence-electron chi connectivity index (χ1n) is 14.5. The highest BCUT2D eigenvalue weighted by atomic mass is 35.5. The maximum absolute atomic E-state index is 12.3. The van der Waals surface area contributed by atoms with Crippen LogP contribution in [0.3, 0.4) is 0 Å². The van der Waals surface area contributed by atoms with Crippen molar-refractivity contribution >= 4 is 39.3 Å². The van der Waals surface area contributed by atoms with Crippen LogP contribution in [0, 0.1) is 0 Å². The van der Waals surface area contributed by atoms with Gasteiger partial charge in [-0.1, -0.05) is 23.7 Å². The summed E-state index contributed by atoms with van der Waals surface area (Å²) in [5.74, 6) is 1.65. The van der Waals surface area contributed by atoms with Crippen molar-refractivity contribution in [3.8, 4) is 11.5 Å². The van der Waals surface area contributed by atoms with Gasteiger partial charge in [-0.25, -0.2) is 9.78 Å². The molecule has 0 N–H and O–H groups in total. The van der Waals surface area contributed by atoms with Gasteiger partial charge in [0.2, 0.25) is 0 Å². The number of thiophene rings is 1. The molecule has 6 heterocycles. The fourth-order valence-electron chi connectivity index (χ4n) is 6.04. The Morgan fingerprint density at radius 1 is 1.19 bits per heavy atom. The average Bonchev–Trinajstić information content (AvgIpc) is 3.62. The largest absolute Gasteiger partial charge is 0.462 e. The molecule has 9 nitrogen and oxygen atoms in total. The summed E-state index contributed by atoms with van der Waals surface area (Å²) in [5, 5.41) is 0.574. The van der Waals surface area contributed by atoms with Crippen molar-refractivity contribution in [2.75, 3.05) is 26.3 Å². The van der Waals surface area contributed by atoms with Crippen LogP contribution in [0.5, 0.6) is 11.5 Å². The van der Waals surface area contributed by atoms with Crippen molar-refractivity contribution in [1.82, 2.24) is 19.4 Å². The molecular formula is C31H33ClN4O5S. The van der Waals surface area contributed by atoms with Gasteiger partial charge in [0.25, 0.3) is 5.79 Å². The first kappa shape index (κ1) is 27.6. The minimum atomic E-state index is -0.995. The Morgan fingerprint density at radius 2 is 2.02 bits per heavy atom. The van der Waals surface area contributed by atoms with E-state index in [2.05, 4.69) is 20.5 Å². The Bertz CT molecular complexity index is 1610. The molecule has 0 saturated carbocycles. The van der Waals surface area contributed by atoms with E-state index in [4.69, 9.17) is 35.5 Å². The average molecular weight is 609 g/mol. The molecule has 0 unspecified atom stereocenters. The summed E-state index contributed by atoms with van der Waals surface area (Å²) >= 11 is 7.45. The molecule has 2 atom stereocenters. The van der Waals surface area contributed by atoms with Gasteiger partial charge in [-0.2, -0.15) is 0 Å². The number of benzene rings is 1. The SMILES string of the molecule is CCOC(=O)c1cc2c(nc(CN3CCC(c4cccc5c4O[C@](C)(c4ccc(Cl)cn4)O5)CC3)n2C[C@@H]2CCO2)s1. The topological polar surface area (TPSA) is 87.9 Å². The number of rotatable bonds is 8. The lowest BCUT2D eigenvalue weighted by Gasteiger charge is -2.33. The molecule has 3 aromatic heterocycles. The number of likely N-dealkylation sites (tertiary alicyclic amines) is 1. The number of hydrogen-bond acceptors (Lipinski definition) is 9. The van der Waals surface area contributed by atoms with E-state index in [0.29, 0.717) is 28.1 Å². The van der Waals surface area contributed by atoms with Crippen LogP contribution in [0.25, 0.3) is 10.3 Å². The number of ether oxygens (including phenoxy) is 4. The van der Waals surface area contributed by atoms with E-state index in [1.807, 2.05) is 38.1 Å². The summed E-state index contributed by atoms with van der Waals surface area (Å²) in [6.07, 6.45) is 4.85. The number of fused-ring (bicyclic) bond motifs is 2. The minimum absolute atomic E-state index is 0.189. The van der Waals surface area contributed by atoms with Gasteiger partial charge in [-0.05, 0) is 69.5 Å². The van der Waals surface area contributed by atoms with Gasteiger partial charge in [0.05, 0.1) is 36.3 Å². The summed E-state index contributed by atoms with van der Waals surface area (Å²) in [5.41, 5.74) is 2.85. The van der Waals surface area contributed by atoms with Crippen molar-refractivity contribution in [3.63, 3.8) is 0 Å². The van der Waals surface area contributed by atoms with E-state index < -0.39 is 5.79 Å². The van der Waals surface area contributed by atoms with Crippen LogP contribution in [0.2, 0.25) is 5.02 Å².